The van der Waals surface area contributed by atoms with Gasteiger partial charge in [-0.05, 0) is 36.4 Å². The molecular formula is C15H9BrClN3. The first-order valence-electron chi connectivity index (χ1n) is 5.96. The molecule has 0 saturated heterocycles. The molecule has 5 heteroatoms. The fourth-order valence-corrected chi connectivity index (χ4v) is 2.72. The molecule has 0 saturated carbocycles. The lowest BCUT2D eigenvalue weighted by molar-refractivity contribution is 0.981. The van der Waals surface area contributed by atoms with Gasteiger partial charge in [0.2, 0.25) is 0 Å². The molecule has 0 radical (unpaired) electrons. The zero-order valence-corrected chi connectivity index (χ0v) is 12.7. The zero-order valence-electron chi connectivity index (χ0n) is 10.3. The number of halogens is 2. The average molecular weight is 347 g/mol. The Morgan fingerprint density at radius 2 is 2.10 bits per heavy atom. The van der Waals surface area contributed by atoms with Crippen LogP contribution in [0.15, 0.2) is 46.9 Å². The van der Waals surface area contributed by atoms with E-state index in [0.717, 1.165) is 27.0 Å². The third-order valence-corrected chi connectivity index (χ3v) is 3.77. The molecular weight excluding hydrogens is 338 g/mol. The van der Waals surface area contributed by atoms with Crippen LogP contribution in [0.3, 0.4) is 0 Å². The second-order valence-electron chi connectivity index (χ2n) is 4.29. The Morgan fingerprint density at radius 3 is 2.85 bits per heavy atom. The van der Waals surface area contributed by atoms with E-state index in [9.17, 15) is 0 Å². The van der Waals surface area contributed by atoms with Crippen molar-refractivity contribution in [2.45, 2.75) is 5.88 Å². The highest BCUT2D eigenvalue weighted by Crippen LogP contribution is 2.25. The van der Waals surface area contributed by atoms with Gasteiger partial charge in [-0.15, -0.1) is 11.6 Å². The Balaban J connectivity index is 2.33. The Bertz CT molecular complexity index is 833. The maximum absolute atomic E-state index is 9.04. The molecule has 1 heterocycles. The maximum atomic E-state index is 9.04. The number of aromatic nitrogens is 2. The van der Waals surface area contributed by atoms with Crippen LogP contribution in [0.4, 0.5) is 0 Å². The molecule has 3 rings (SSSR count). The second kappa shape index (κ2) is 5.28. The molecule has 3 aromatic rings. The molecule has 0 fully saturated rings. The van der Waals surface area contributed by atoms with E-state index in [-0.39, 0.29) is 0 Å². The van der Waals surface area contributed by atoms with E-state index in [1.165, 1.54) is 0 Å². The van der Waals surface area contributed by atoms with Gasteiger partial charge >= 0.3 is 0 Å². The smallest absolute Gasteiger partial charge is 0.129 e. The van der Waals surface area contributed by atoms with Crippen molar-refractivity contribution in [3.05, 3.63) is 58.3 Å². The molecule has 1 aromatic heterocycles. The monoisotopic (exact) mass is 345 g/mol. The van der Waals surface area contributed by atoms with E-state index < -0.39 is 0 Å². The summed E-state index contributed by atoms with van der Waals surface area (Å²) in [5.41, 5.74) is 3.34. The number of alkyl halides is 1. The molecule has 0 N–H and O–H groups in total. The van der Waals surface area contributed by atoms with Crippen molar-refractivity contribution in [2.24, 2.45) is 0 Å². The highest BCUT2D eigenvalue weighted by atomic mass is 79.9. The summed E-state index contributed by atoms with van der Waals surface area (Å²) < 4.78 is 2.96. The van der Waals surface area contributed by atoms with Gasteiger partial charge < -0.3 is 0 Å². The Labute approximate surface area is 129 Å². The fourth-order valence-electron chi connectivity index (χ4n) is 2.19. The lowest BCUT2D eigenvalue weighted by Gasteiger charge is -2.08. The van der Waals surface area contributed by atoms with Crippen LogP contribution in [0.5, 0.6) is 0 Å². The first kappa shape index (κ1) is 13.2. The summed E-state index contributed by atoms with van der Waals surface area (Å²) in [5.74, 6) is 1.07. The Morgan fingerprint density at radius 1 is 1.25 bits per heavy atom. The van der Waals surface area contributed by atoms with Crippen molar-refractivity contribution in [3.8, 4) is 11.8 Å². The fraction of sp³-hybridized carbons (Fsp3) is 0.0667. The molecule has 20 heavy (non-hydrogen) atoms. The summed E-state index contributed by atoms with van der Waals surface area (Å²) in [6.45, 7) is 0. The van der Waals surface area contributed by atoms with Crippen LogP contribution in [-0.2, 0) is 5.88 Å². The summed E-state index contributed by atoms with van der Waals surface area (Å²) in [6.07, 6.45) is 0. The van der Waals surface area contributed by atoms with Gasteiger partial charge in [0.05, 0.1) is 28.5 Å². The Kier molecular flexibility index (Phi) is 3.47. The molecule has 2 aromatic carbocycles. The summed E-state index contributed by atoms with van der Waals surface area (Å²) in [4.78, 5) is 4.53. The molecule has 0 bridgehead atoms. The van der Waals surface area contributed by atoms with E-state index in [1.807, 2.05) is 41.0 Å². The van der Waals surface area contributed by atoms with Crippen LogP contribution in [0.1, 0.15) is 11.4 Å². The van der Waals surface area contributed by atoms with Crippen molar-refractivity contribution in [2.75, 3.05) is 0 Å². The van der Waals surface area contributed by atoms with Gasteiger partial charge in [-0.1, -0.05) is 22.0 Å². The number of hydrogen-bond donors (Lipinski definition) is 0. The number of benzene rings is 2. The van der Waals surface area contributed by atoms with E-state index in [0.29, 0.717) is 11.4 Å². The minimum Gasteiger partial charge on any atom is -0.295 e. The molecule has 0 unspecified atom stereocenters. The molecule has 0 aliphatic rings. The molecule has 0 atom stereocenters. The average Bonchev–Trinajstić information content (AvgIpc) is 2.85. The van der Waals surface area contributed by atoms with Crippen LogP contribution >= 0.6 is 27.5 Å². The van der Waals surface area contributed by atoms with Crippen molar-refractivity contribution in [1.82, 2.24) is 9.55 Å². The highest BCUT2D eigenvalue weighted by Gasteiger charge is 2.12. The van der Waals surface area contributed by atoms with E-state index in [2.05, 4.69) is 27.0 Å². The van der Waals surface area contributed by atoms with Gasteiger partial charge in [0.15, 0.2) is 0 Å². The maximum Gasteiger partial charge on any atom is 0.129 e. The van der Waals surface area contributed by atoms with Crippen molar-refractivity contribution in [3.63, 3.8) is 0 Å². The summed E-state index contributed by atoms with van der Waals surface area (Å²) in [5, 5.41) is 9.04. The van der Waals surface area contributed by atoms with E-state index >= 15 is 0 Å². The normalized spacial score (nSPS) is 10.7. The van der Waals surface area contributed by atoms with Crippen molar-refractivity contribution >= 4 is 38.6 Å². The lowest BCUT2D eigenvalue weighted by Crippen LogP contribution is -1.99. The molecule has 0 amide bonds. The first-order chi connectivity index (χ1) is 9.72. The SMILES string of the molecule is N#Cc1cccc(-n2c(CCl)nc3ccc(Br)cc32)c1. The minimum atomic E-state index is 0.309. The standard InChI is InChI=1S/C15H9BrClN3/c16-11-4-5-13-14(7-11)20(15(8-17)19-13)12-3-1-2-10(6-12)9-18/h1-7H,8H2. The number of nitrogens with zero attached hydrogens (tertiary/aromatic N) is 3. The van der Waals surface area contributed by atoms with Crippen LogP contribution in [-0.4, -0.2) is 9.55 Å². The third-order valence-electron chi connectivity index (χ3n) is 3.04. The predicted molar refractivity (Wildman–Crippen MR) is 83.0 cm³/mol. The van der Waals surface area contributed by atoms with Crippen LogP contribution in [0.2, 0.25) is 0 Å². The van der Waals surface area contributed by atoms with E-state index in [1.54, 1.807) is 6.07 Å². The van der Waals surface area contributed by atoms with Gasteiger partial charge in [-0.25, -0.2) is 4.98 Å². The molecule has 0 spiro atoms. The van der Waals surface area contributed by atoms with E-state index in [4.69, 9.17) is 16.9 Å². The van der Waals surface area contributed by atoms with Crippen LogP contribution in [0, 0.1) is 11.3 Å². The van der Waals surface area contributed by atoms with Gasteiger partial charge in [-0.3, -0.25) is 4.57 Å². The number of nitriles is 1. The van der Waals surface area contributed by atoms with Gasteiger partial charge in [0, 0.05) is 10.2 Å². The summed E-state index contributed by atoms with van der Waals surface area (Å²) in [6, 6.07) is 15.4. The van der Waals surface area contributed by atoms with Crippen molar-refractivity contribution in [1.29, 1.82) is 5.26 Å². The van der Waals surface area contributed by atoms with Crippen molar-refractivity contribution < 1.29 is 0 Å². The number of rotatable bonds is 2. The summed E-state index contributed by atoms with van der Waals surface area (Å²) >= 11 is 9.48. The molecule has 3 nitrogen and oxygen atoms in total. The molecule has 98 valence electrons. The number of imidazole rings is 1. The largest absolute Gasteiger partial charge is 0.295 e. The first-order valence-corrected chi connectivity index (χ1v) is 7.29. The minimum absolute atomic E-state index is 0.309. The van der Waals surface area contributed by atoms with Gasteiger partial charge in [-0.2, -0.15) is 5.26 Å². The van der Waals surface area contributed by atoms with Crippen LogP contribution < -0.4 is 0 Å². The third kappa shape index (κ3) is 2.20. The summed E-state index contributed by atoms with van der Waals surface area (Å²) in [7, 11) is 0. The Hall–Kier alpha value is -1.83. The highest BCUT2D eigenvalue weighted by molar-refractivity contribution is 9.10. The zero-order chi connectivity index (χ0) is 14.1. The van der Waals surface area contributed by atoms with Crippen LogP contribution in [0.25, 0.3) is 16.7 Å². The topological polar surface area (TPSA) is 41.6 Å². The molecule has 0 aliphatic carbocycles. The number of hydrogen-bond acceptors (Lipinski definition) is 2. The quantitative estimate of drug-likeness (QED) is 0.645. The van der Waals surface area contributed by atoms with Gasteiger partial charge in [0.1, 0.15) is 5.82 Å². The predicted octanol–water partition coefficient (Wildman–Crippen LogP) is 4.40. The number of fused-ring (bicyclic) bond motifs is 1. The van der Waals surface area contributed by atoms with Gasteiger partial charge in [0.25, 0.3) is 0 Å². The second-order valence-corrected chi connectivity index (χ2v) is 5.48. The molecule has 0 aliphatic heterocycles. The lowest BCUT2D eigenvalue weighted by atomic mass is 10.2.